The van der Waals surface area contributed by atoms with Gasteiger partial charge < -0.3 is 15.4 Å². The number of nitrogens with zero attached hydrogens (tertiary/aromatic N) is 1. The van der Waals surface area contributed by atoms with Crippen molar-refractivity contribution in [1.82, 2.24) is 10.6 Å². The van der Waals surface area contributed by atoms with Crippen molar-refractivity contribution >= 4 is 29.9 Å². The van der Waals surface area contributed by atoms with Crippen LogP contribution < -0.4 is 10.6 Å². The maximum Gasteiger partial charge on any atom is 0.191 e. The number of hydrogen-bond acceptors (Lipinski definition) is 2. The highest BCUT2D eigenvalue weighted by molar-refractivity contribution is 14.0. The molecule has 1 aromatic rings. The molecule has 3 fully saturated rings. The molecule has 0 aromatic heterocycles. The monoisotopic (exact) mass is 469 g/mol. The largest absolute Gasteiger partial charge is 0.377 e. The number of aliphatic imine (C=N–C) groups is 1. The lowest BCUT2D eigenvalue weighted by Gasteiger charge is -2.63. The Morgan fingerprint density at radius 3 is 2.58 bits per heavy atom. The van der Waals surface area contributed by atoms with Gasteiger partial charge in [0, 0.05) is 37.6 Å². The molecule has 1 heterocycles. The van der Waals surface area contributed by atoms with Crippen LogP contribution in [0.15, 0.2) is 23.2 Å². The Balaban J connectivity index is 0.00000196. The van der Waals surface area contributed by atoms with Gasteiger partial charge >= 0.3 is 0 Å². The number of ether oxygens (including phenoxy) is 1. The molecule has 5 heteroatoms. The van der Waals surface area contributed by atoms with E-state index in [1.54, 1.807) is 0 Å². The van der Waals surface area contributed by atoms with Crippen LogP contribution in [0.2, 0.25) is 0 Å². The summed E-state index contributed by atoms with van der Waals surface area (Å²) in [4.78, 5) is 4.47. The number of benzene rings is 1. The van der Waals surface area contributed by atoms with Crippen molar-refractivity contribution in [2.45, 2.75) is 58.1 Å². The predicted octanol–water partition coefficient (Wildman–Crippen LogP) is 3.59. The molecule has 1 saturated heterocycles. The molecule has 1 aromatic carbocycles. The number of aryl methyl sites for hydroxylation is 2. The van der Waals surface area contributed by atoms with E-state index in [2.05, 4.69) is 47.7 Å². The summed E-state index contributed by atoms with van der Waals surface area (Å²) in [5.41, 5.74) is 4.47. The Labute approximate surface area is 174 Å². The average Bonchev–Trinajstić information content (AvgIpc) is 2.93. The van der Waals surface area contributed by atoms with Crippen molar-refractivity contribution < 1.29 is 4.74 Å². The topological polar surface area (TPSA) is 45.7 Å². The molecule has 0 radical (unpaired) electrons. The first-order valence-electron chi connectivity index (χ1n) is 9.78. The first-order valence-corrected chi connectivity index (χ1v) is 9.78. The molecule has 26 heavy (non-hydrogen) atoms. The maximum absolute atomic E-state index is 6.02. The number of rotatable bonds is 4. The molecule has 1 spiro atoms. The second-order valence-electron chi connectivity index (χ2n) is 8.20. The zero-order valence-corrected chi connectivity index (χ0v) is 18.5. The molecule has 2 N–H and O–H groups in total. The van der Waals surface area contributed by atoms with E-state index in [9.17, 15) is 0 Å². The van der Waals surface area contributed by atoms with Crippen LogP contribution in [0.5, 0.6) is 0 Å². The molecule has 4 rings (SSSR count). The predicted molar refractivity (Wildman–Crippen MR) is 117 cm³/mol. The van der Waals surface area contributed by atoms with Gasteiger partial charge in [-0.1, -0.05) is 35.7 Å². The maximum atomic E-state index is 6.02. The van der Waals surface area contributed by atoms with Crippen molar-refractivity contribution in [1.29, 1.82) is 0 Å². The Morgan fingerprint density at radius 2 is 1.96 bits per heavy atom. The molecule has 2 saturated carbocycles. The third-order valence-electron chi connectivity index (χ3n) is 6.54. The van der Waals surface area contributed by atoms with Crippen molar-refractivity contribution in [3.05, 3.63) is 34.9 Å². The fraction of sp³-hybridized carbons (Fsp3) is 0.667. The molecule has 1 aliphatic heterocycles. The fourth-order valence-corrected chi connectivity index (χ4v) is 5.34. The minimum absolute atomic E-state index is 0. The van der Waals surface area contributed by atoms with Gasteiger partial charge in [0.2, 0.25) is 0 Å². The molecule has 0 amide bonds. The van der Waals surface area contributed by atoms with Crippen LogP contribution >= 0.6 is 24.0 Å². The Morgan fingerprint density at radius 1 is 1.23 bits per heavy atom. The molecule has 3 aliphatic rings. The smallest absolute Gasteiger partial charge is 0.191 e. The lowest BCUT2D eigenvalue weighted by Crippen LogP contribution is -2.72. The van der Waals surface area contributed by atoms with E-state index in [4.69, 9.17) is 4.74 Å². The van der Waals surface area contributed by atoms with Crippen molar-refractivity contribution in [3.8, 4) is 0 Å². The van der Waals surface area contributed by atoms with Crippen LogP contribution in [0.4, 0.5) is 0 Å². The third-order valence-corrected chi connectivity index (χ3v) is 6.54. The lowest BCUT2D eigenvalue weighted by molar-refractivity contribution is -0.171. The minimum atomic E-state index is 0. The number of halogens is 1. The average molecular weight is 469 g/mol. The van der Waals surface area contributed by atoms with E-state index in [1.807, 2.05) is 7.05 Å². The van der Waals surface area contributed by atoms with Crippen LogP contribution in [0, 0.1) is 25.2 Å². The number of hydrogen-bond donors (Lipinski definition) is 2. The quantitative estimate of drug-likeness (QED) is 0.403. The van der Waals surface area contributed by atoms with Gasteiger partial charge in [-0.15, -0.1) is 24.0 Å². The SMILES string of the molecule is CN=C(NCCc1cc(C)cc(C)c1)NC1C2CCOC2C12CCC2.I. The summed E-state index contributed by atoms with van der Waals surface area (Å²) >= 11 is 0. The molecule has 2 aliphatic carbocycles. The minimum Gasteiger partial charge on any atom is -0.377 e. The Hall–Kier alpha value is -0.820. The zero-order valence-electron chi connectivity index (χ0n) is 16.2. The summed E-state index contributed by atoms with van der Waals surface area (Å²) in [7, 11) is 1.88. The summed E-state index contributed by atoms with van der Waals surface area (Å²) in [6, 6.07) is 7.33. The number of nitrogens with one attached hydrogen (secondary N) is 2. The van der Waals surface area contributed by atoms with Gasteiger partial charge in [0.05, 0.1) is 6.10 Å². The summed E-state index contributed by atoms with van der Waals surface area (Å²) in [5.74, 6) is 1.63. The standard InChI is InChI=1S/C21H31N3O.HI/c1-14-11-15(2)13-16(12-14)5-9-23-20(22-3)24-18-17-6-10-25-19(17)21(18)7-4-8-21;/h11-13,17-19H,4-10H2,1-3H3,(H2,22,23,24);1H. The molecular weight excluding hydrogens is 437 g/mol. The second kappa shape index (κ2) is 8.05. The van der Waals surface area contributed by atoms with Crippen molar-refractivity contribution in [3.63, 3.8) is 0 Å². The van der Waals surface area contributed by atoms with E-state index in [1.165, 1.54) is 42.4 Å². The lowest BCUT2D eigenvalue weighted by atomic mass is 9.46. The summed E-state index contributed by atoms with van der Waals surface area (Å²) in [5, 5.41) is 7.26. The number of guanidine groups is 1. The highest BCUT2D eigenvalue weighted by Crippen LogP contribution is 2.62. The van der Waals surface area contributed by atoms with E-state index < -0.39 is 0 Å². The van der Waals surface area contributed by atoms with Crippen LogP contribution in [-0.2, 0) is 11.2 Å². The first-order chi connectivity index (χ1) is 12.1. The highest BCUT2D eigenvalue weighted by atomic mass is 127. The molecule has 3 atom stereocenters. The van der Waals surface area contributed by atoms with Crippen LogP contribution in [-0.4, -0.2) is 38.3 Å². The zero-order chi connectivity index (χ0) is 17.4. The van der Waals surface area contributed by atoms with Gasteiger partial charge in [-0.3, -0.25) is 4.99 Å². The van der Waals surface area contributed by atoms with Crippen molar-refractivity contribution in [2.75, 3.05) is 20.2 Å². The third kappa shape index (κ3) is 3.49. The fourth-order valence-electron chi connectivity index (χ4n) is 5.34. The van der Waals surface area contributed by atoms with Crippen LogP contribution in [0.1, 0.15) is 42.4 Å². The molecule has 144 valence electrons. The second-order valence-corrected chi connectivity index (χ2v) is 8.20. The molecular formula is C21H32IN3O. The van der Waals surface area contributed by atoms with Crippen molar-refractivity contribution in [2.24, 2.45) is 16.3 Å². The molecule has 3 unspecified atom stereocenters. The highest BCUT2D eigenvalue weighted by Gasteiger charge is 2.66. The van der Waals surface area contributed by atoms with E-state index in [0.717, 1.165) is 25.5 Å². The van der Waals surface area contributed by atoms with E-state index in [-0.39, 0.29) is 24.0 Å². The van der Waals surface area contributed by atoms with Gasteiger partial charge in [-0.05, 0) is 45.1 Å². The van der Waals surface area contributed by atoms with Gasteiger partial charge in [0.1, 0.15) is 0 Å². The van der Waals surface area contributed by atoms with Crippen LogP contribution in [0.25, 0.3) is 0 Å². The van der Waals surface area contributed by atoms with Crippen LogP contribution in [0.3, 0.4) is 0 Å². The van der Waals surface area contributed by atoms with Gasteiger partial charge in [0.15, 0.2) is 5.96 Å². The molecule has 4 nitrogen and oxygen atoms in total. The Bertz CT molecular complexity index is 651. The normalized spacial score (nSPS) is 28.6. The van der Waals surface area contributed by atoms with E-state index >= 15 is 0 Å². The first kappa shape index (κ1) is 19.9. The summed E-state index contributed by atoms with van der Waals surface area (Å²) < 4.78 is 6.02. The van der Waals surface area contributed by atoms with E-state index in [0.29, 0.717) is 23.5 Å². The Kier molecular flexibility index (Phi) is 6.17. The number of fused-ring (bicyclic) bond motifs is 2. The van der Waals surface area contributed by atoms with Gasteiger partial charge in [-0.25, -0.2) is 0 Å². The van der Waals surface area contributed by atoms with Gasteiger partial charge in [-0.2, -0.15) is 0 Å². The summed E-state index contributed by atoms with van der Waals surface area (Å²) in [6.45, 7) is 6.18. The molecule has 0 bridgehead atoms. The summed E-state index contributed by atoms with van der Waals surface area (Å²) in [6.07, 6.45) is 6.70. The van der Waals surface area contributed by atoms with Gasteiger partial charge in [0.25, 0.3) is 0 Å².